The number of H-pyrrole nitrogens is 1. The normalized spacial score (nSPS) is 17.5. The summed E-state index contributed by atoms with van der Waals surface area (Å²) in [6.07, 6.45) is -6.72. The fourth-order valence-corrected chi connectivity index (χ4v) is 5.30. The highest BCUT2D eigenvalue weighted by atomic mass is 35.5. The lowest BCUT2D eigenvalue weighted by Gasteiger charge is -2.30. The number of carbonyl (C=O) groups excluding carboxylic acids is 2. The molecule has 0 atom stereocenters. The van der Waals surface area contributed by atoms with Crippen LogP contribution in [0.5, 0.6) is 5.88 Å². The number of ether oxygens (including phenoxy) is 1. The molecule has 1 saturated carbocycles. The van der Waals surface area contributed by atoms with Crippen molar-refractivity contribution in [3.8, 4) is 5.88 Å². The number of nitrogens with zero attached hydrogens (tertiary/aromatic N) is 2. The van der Waals surface area contributed by atoms with E-state index in [1.807, 2.05) is 0 Å². The highest BCUT2D eigenvalue weighted by molar-refractivity contribution is 6.36. The van der Waals surface area contributed by atoms with Gasteiger partial charge >= 0.3 is 6.18 Å². The maximum Gasteiger partial charge on any atom is 0.391 e. The van der Waals surface area contributed by atoms with E-state index in [4.69, 9.17) is 27.9 Å². The molecule has 1 aliphatic carbocycles. The molecule has 42 heavy (non-hydrogen) atoms. The number of aromatic amines is 1. The molecule has 3 N–H and O–H groups in total. The molecule has 1 aromatic carbocycles. The Kier molecular flexibility index (Phi) is 10.1. The second kappa shape index (κ2) is 13.4. The number of imidazole rings is 1. The molecule has 0 radical (unpaired) electrons. The highest BCUT2D eigenvalue weighted by Crippen LogP contribution is 2.38. The van der Waals surface area contributed by atoms with Gasteiger partial charge in [0.1, 0.15) is 11.4 Å². The number of hydrogen-bond donors (Lipinski definition) is 3. The average molecular weight is 636 g/mol. The van der Waals surface area contributed by atoms with Crippen molar-refractivity contribution in [1.29, 1.82) is 0 Å². The third-order valence-corrected chi connectivity index (χ3v) is 7.84. The van der Waals surface area contributed by atoms with Crippen molar-refractivity contribution in [3.05, 3.63) is 50.8 Å². The summed E-state index contributed by atoms with van der Waals surface area (Å²) in [5.41, 5.74) is 1.36. The van der Waals surface area contributed by atoms with Gasteiger partial charge in [0.15, 0.2) is 12.3 Å². The minimum absolute atomic E-state index is 0.0788. The minimum atomic E-state index is -4.29. The van der Waals surface area contributed by atoms with Crippen LogP contribution in [-0.4, -0.2) is 52.0 Å². The molecule has 15 heteroatoms. The average Bonchev–Trinajstić information content (AvgIpc) is 3.34. The van der Waals surface area contributed by atoms with Gasteiger partial charge in [-0.3, -0.25) is 9.59 Å². The monoisotopic (exact) mass is 635 g/mol. The van der Waals surface area contributed by atoms with Crippen molar-refractivity contribution in [2.45, 2.75) is 70.6 Å². The number of benzene rings is 1. The lowest BCUT2D eigenvalue weighted by atomic mass is 9.85. The Bertz CT molecular complexity index is 1440. The zero-order valence-electron chi connectivity index (χ0n) is 22.4. The molecule has 2 aromatic heterocycles. The van der Waals surface area contributed by atoms with Gasteiger partial charge in [-0.25, -0.2) is 13.8 Å². The molecular formula is C27H28Cl2F5N5O3. The first-order valence-corrected chi connectivity index (χ1v) is 14.0. The van der Waals surface area contributed by atoms with Crippen LogP contribution in [0.2, 0.25) is 10.0 Å². The van der Waals surface area contributed by atoms with Crippen molar-refractivity contribution in [2.24, 2.45) is 5.92 Å². The zero-order chi connectivity index (χ0) is 30.6. The lowest BCUT2D eigenvalue weighted by Crippen LogP contribution is -2.40. The molecule has 1 aliphatic rings. The number of amides is 2. The molecule has 8 nitrogen and oxygen atoms in total. The van der Waals surface area contributed by atoms with E-state index in [0.29, 0.717) is 38.9 Å². The largest absolute Gasteiger partial charge is 0.471 e. The van der Waals surface area contributed by atoms with Crippen LogP contribution in [0, 0.1) is 5.92 Å². The number of aromatic nitrogens is 3. The van der Waals surface area contributed by atoms with Crippen molar-refractivity contribution >= 4 is 46.2 Å². The number of rotatable bonds is 10. The summed E-state index contributed by atoms with van der Waals surface area (Å²) in [7, 11) is 0. The summed E-state index contributed by atoms with van der Waals surface area (Å²) in [6, 6.07) is 4.15. The van der Waals surface area contributed by atoms with E-state index in [0.717, 1.165) is 0 Å². The summed E-state index contributed by atoms with van der Waals surface area (Å²) in [6.45, 7) is 0.888. The molecule has 3 aromatic rings. The number of hydrogen-bond acceptors (Lipinski definition) is 5. The Hall–Kier alpha value is -3.19. The van der Waals surface area contributed by atoms with Crippen molar-refractivity contribution in [3.63, 3.8) is 0 Å². The fourth-order valence-electron chi connectivity index (χ4n) is 4.73. The van der Waals surface area contributed by atoms with E-state index in [1.165, 1.54) is 6.07 Å². The first kappa shape index (κ1) is 31.7. The van der Waals surface area contributed by atoms with Gasteiger partial charge in [0.2, 0.25) is 11.8 Å². The van der Waals surface area contributed by atoms with E-state index in [2.05, 4.69) is 25.6 Å². The van der Waals surface area contributed by atoms with Gasteiger partial charge in [0.25, 0.3) is 12.3 Å². The van der Waals surface area contributed by atoms with Crippen LogP contribution in [0.15, 0.2) is 18.2 Å². The molecule has 2 heterocycles. The Morgan fingerprint density at radius 1 is 1.14 bits per heavy atom. The maximum absolute atomic E-state index is 13.1. The van der Waals surface area contributed by atoms with Crippen molar-refractivity contribution in [2.75, 3.05) is 6.61 Å². The number of nitrogens with one attached hydrogen (secondary N) is 3. The summed E-state index contributed by atoms with van der Waals surface area (Å²) < 4.78 is 70.0. The van der Waals surface area contributed by atoms with Gasteiger partial charge in [0.05, 0.1) is 16.5 Å². The second-order valence-electron chi connectivity index (χ2n) is 9.97. The van der Waals surface area contributed by atoms with E-state index in [1.54, 1.807) is 19.1 Å². The molecule has 0 bridgehead atoms. The Morgan fingerprint density at radius 3 is 2.50 bits per heavy atom. The minimum Gasteiger partial charge on any atom is -0.471 e. The number of pyridine rings is 1. The topological polar surface area (TPSA) is 109 Å². The SMILES string of the molecule is CCC(=O)NCc1ccc(Cl)c(Cc2nc3nc(OCC(F)F)c(C(=O)NC4CCC(C(F)(F)F)CC4)cc3[nH]2)c1Cl. The van der Waals surface area contributed by atoms with Gasteiger partial charge < -0.3 is 20.4 Å². The van der Waals surface area contributed by atoms with Gasteiger partial charge in [0, 0.05) is 30.5 Å². The van der Waals surface area contributed by atoms with Crippen molar-refractivity contribution in [1.82, 2.24) is 25.6 Å². The smallest absolute Gasteiger partial charge is 0.391 e. The molecular weight excluding hydrogens is 608 g/mol. The molecule has 0 saturated heterocycles. The molecule has 2 amide bonds. The molecule has 1 fully saturated rings. The number of fused-ring (bicyclic) bond motifs is 1. The molecule has 228 valence electrons. The Balaban J connectivity index is 1.57. The predicted molar refractivity (Wildman–Crippen MR) is 146 cm³/mol. The molecule has 0 unspecified atom stereocenters. The van der Waals surface area contributed by atoms with Gasteiger partial charge in [-0.1, -0.05) is 36.2 Å². The van der Waals surface area contributed by atoms with E-state index < -0.39 is 37.1 Å². The van der Waals surface area contributed by atoms with Crippen LogP contribution in [0.3, 0.4) is 0 Å². The molecule has 0 spiro atoms. The summed E-state index contributed by atoms with van der Waals surface area (Å²) in [5, 5.41) is 6.10. The van der Waals surface area contributed by atoms with Crippen LogP contribution < -0.4 is 15.4 Å². The van der Waals surface area contributed by atoms with Crippen LogP contribution in [-0.2, 0) is 17.8 Å². The number of halogens is 7. The standard InChI is InChI=1S/C27H28Cl2F5N5O3/c1-2-22(40)35-11-13-3-8-18(28)16(23(13)29)10-21-37-19-9-17(26(39-24(19)38-21)42-12-20(30)31)25(41)36-15-6-4-14(5-7-15)27(32,33)34/h3,8-9,14-15,20H,2,4-7,10-12H2,1H3,(H,35,40)(H,36,41)(H,37,38,39). The maximum atomic E-state index is 13.1. The first-order chi connectivity index (χ1) is 19.8. The van der Waals surface area contributed by atoms with Gasteiger partial charge in [-0.2, -0.15) is 18.2 Å². The second-order valence-corrected chi connectivity index (χ2v) is 10.8. The Labute approximate surface area is 247 Å². The predicted octanol–water partition coefficient (Wildman–Crippen LogP) is 6.38. The summed E-state index contributed by atoms with van der Waals surface area (Å²) in [5.74, 6) is -2.32. The highest BCUT2D eigenvalue weighted by Gasteiger charge is 2.41. The van der Waals surface area contributed by atoms with Crippen LogP contribution in [0.25, 0.3) is 11.2 Å². The van der Waals surface area contributed by atoms with Crippen LogP contribution in [0.4, 0.5) is 22.0 Å². The Morgan fingerprint density at radius 2 is 1.86 bits per heavy atom. The summed E-state index contributed by atoms with van der Waals surface area (Å²) >= 11 is 13.0. The third-order valence-electron chi connectivity index (χ3n) is 7.01. The van der Waals surface area contributed by atoms with Crippen LogP contribution >= 0.6 is 23.2 Å². The van der Waals surface area contributed by atoms with E-state index in [9.17, 15) is 31.5 Å². The number of alkyl halides is 5. The quantitative estimate of drug-likeness (QED) is 0.224. The van der Waals surface area contributed by atoms with Gasteiger partial charge in [-0.15, -0.1) is 0 Å². The number of carbonyl (C=O) groups is 2. The molecule has 0 aliphatic heterocycles. The van der Waals surface area contributed by atoms with E-state index in [-0.39, 0.29) is 61.6 Å². The van der Waals surface area contributed by atoms with Crippen LogP contribution in [0.1, 0.15) is 66.3 Å². The van der Waals surface area contributed by atoms with E-state index >= 15 is 0 Å². The lowest BCUT2D eigenvalue weighted by molar-refractivity contribution is -0.182. The summed E-state index contributed by atoms with van der Waals surface area (Å²) in [4.78, 5) is 36.4. The first-order valence-electron chi connectivity index (χ1n) is 13.3. The fraction of sp³-hybridized carbons (Fsp3) is 0.481. The third kappa shape index (κ3) is 7.80. The molecule has 4 rings (SSSR count). The van der Waals surface area contributed by atoms with Gasteiger partial charge in [-0.05, 0) is 48.9 Å². The van der Waals surface area contributed by atoms with Crippen molar-refractivity contribution < 1.29 is 36.3 Å². The zero-order valence-corrected chi connectivity index (χ0v) is 23.9.